The Bertz CT molecular complexity index is 1370. The molecule has 0 atom stereocenters. The maximum atomic E-state index is 12.6. The maximum Gasteiger partial charge on any atom is 0.270 e. The molecule has 0 radical (unpaired) electrons. The van der Waals surface area contributed by atoms with Crippen molar-refractivity contribution in [3.05, 3.63) is 94.6 Å². The molecule has 0 aromatic heterocycles. The van der Waals surface area contributed by atoms with Crippen molar-refractivity contribution < 1.29 is 22.9 Å². The molecule has 0 unspecified atom stereocenters. The van der Waals surface area contributed by atoms with Crippen LogP contribution in [-0.2, 0) is 14.8 Å². The molecular formula is C23H20N4O6S2. The van der Waals surface area contributed by atoms with Crippen LogP contribution < -0.4 is 20.1 Å². The number of sulfonamides is 1. The number of carbonyl (C=O) groups excluding carboxylic acids is 1. The Hall–Kier alpha value is -4.29. The molecule has 180 valence electrons. The average molecular weight is 513 g/mol. The summed E-state index contributed by atoms with van der Waals surface area (Å²) in [5, 5.41) is 16.0. The molecule has 10 nitrogen and oxygen atoms in total. The lowest BCUT2D eigenvalue weighted by Crippen LogP contribution is -2.32. The number of amides is 1. The van der Waals surface area contributed by atoms with E-state index in [0.29, 0.717) is 22.7 Å². The number of benzene rings is 3. The molecule has 3 N–H and O–H groups in total. The number of non-ortho nitro benzene ring substituents is 1. The molecule has 3 rings (SSSR count). The van der Waals surface area contributed by atoms with Gasteiger partial charge in [-0.05, 0) is 72.4 Å². The van der Waals surface area contributed by atoms with Gasteiger partial charge >= 0.3 is 0 Å². The summed E-state index contributed by atoms with van der Waals surface area (Å²) in [7, 11) is -2.29. The number of rotatable bonds is 8. The molecule has 12 heteroatoms. The minimum Gasteiger partial charge on any atom is -0.497 e. The van der Waals surface area contributed by atoms with Crippen LogP contribution in [-0.4, -0.2) is 31.5 Å². The monoisotopic (exact) mass is 512 g/mol. The van der Waals surface area contributed by atoms with Gasteiger partial charge in [0.25, 0.3) is 15.7 Å². The second-order valence-corrected chi connectivity index (χ2v) is 9.08. The first-order chi connectivity index (χ1) is 16.7. The zero-order valence-electron chi connectivity index (χ0n) is 18.3. The Labute approximate surface area is 206 Å². The number of hydrogen-bond donors (Lipinski definition) is 3. The normalized spacial score (nSPS) is 11.0. The van der Waals surface area contributed by atoms with Crippen LogP contribution in [0.25, 0.3) is 6.08 Å². The highest BCUT2D eigenvalue weighted by Gasteiger charge is 2.14. The molecule has 0 heterocycles. The van der Waals surface area contributed by atoms with E-state index in [2.05, 4.69) is 15.4 Å². The Balaban J connectivity index is 1.56. The van der Waals surface area contributed by atoms with Crippen LogP contribution in [0.2, 0.25) is 0 Å². The van der Waals surface area contributed by atoms with Gasteiger partial charge in [-0.25, -0.2) is 8.42 Å². The van der Waals surface area contributed by atoms with E-state index in [4.69, 9.17) is 17.0 Å². The van der Waals surface area contributed by atoms with E-state index in [9.17, 15) is 23.3 Å². The predicted octanol–water partition coefficient (Wildman–Crippen LogP) is 3.93. The quantitative estimate of drug-likeness (QED) is 0.179. The molecular weight excluding hydrogens is 492 g/mol. The molecule has 1 amide bonds. The first-order valence-corrected chi connectivity index (χ1v) is 11.9. The van der Waals surface area contributed by atoms with Gasteiger partial charge in [0.15, 0.2) is 5.11 Å². The van der Waals surface area contributed by atoms with Crippen molar-refractivity contribution in [1.29, 1.82) is 0 Å². The summed E-state index contributed by atoms with van der Waals surface area (Å²) in [4.78, 5) is 22.4. The minimum atomic E-state index is -3.81. The van der Waals surface area contributed by atoms with Gasteiger partial charge in [-0.1, -0.05) is 12.1 Å². The van der Waals surface area contributed by atoms with Crippen molar-refractivity contribution in [3.8, 4) is 5.75 Å². The number of carbonyl (C=O) groups is 1. The van der Waals surface area contributed by atoms with Gasteiger partial charge in [0.1, 0.15) is 5.75 Å². The second kappa shape index (κ2) is 11.2. The zero-order valence-corrected chi connectivity index (χ0v) is 19.9. The molecule has 0 saturated heterocycles. The number of ether oxygens (including phenoxy) is 1. The van der Waals surface area contributed by atoms with Gasteiger partial charge in [0.05, 0.1) is 16.9 Å². The lowest BCUT2D eigenvalue weighted by atomic mass is 10.2. The number of anilines is 2. The number of nitrogens with one attached hydrogen (secondary N) is 3. The standard InChI is InChI=1S/C23H20N4O6S2/c1-33-20-10-6-18(7-11-20)26-35(31,32)21-12-8-17(9-13-21)24-23(34)25-22(28)14-5-16-3-2-4-19(15-16)27(29)30/h2-15,26H,1H3,(H2,24,25,28,34)/b14-5+. The molecule has 0 aliphatic rings. The van der Waals surface area contributed by atoms with Crippen LogP contribution in [0, 0.1) is 10.1 Å². The molecule has 3 aromatic carbocycles. The van der Waals surface area contributed by atoms with Gasteiger partial charge in [-0.3, -0.25) is 24.9 Å². The molecule has 0 aliphatic heterocycles. The molecule has 0 saturated carbocycles. The zero-order chi connectivity index (χ0) is 25.4. The van der Waals surface area contributed by atoms with Crippen LogP contribution in [0.5, 0.6) is 5.75 Å². The number of nitrogens with zero attached hydrogens (tertiary/aromatic N) is 1. The first kappa shape index (κ1) is 25.3. The molecule has 0 fully saturated rings. The summed E-state index contributed by atoms with van der Waals surface area (Å²) in [6.07, 6.45) is 2.61. The first-order valence-electron chi connectivity index (χ1n) is 9.98. The van der Waals surface area contributed by atoms with Crippen molar-refractivity contribution in [1.82, 2.24) is 5.32 Å². The minimum absolute atomic E-state index is 0.00865. The van der Waals surface area contributed by atoms with Crippen molar-refractivity contribution >= 4 is 56.4 Å². The summed E-state index contributed by atoms with van der Waals surface area (Å²) >= 11 is 5.10. The number of thiocarbonyl (C=S) groups is 1. The number of methoxy groups -OCH3 is 1. The van der Waals surface area contributed by atoms with E-state index in [-0.39, 0.29) is 15.7 Å². The van der Waals surface area contributed by atoms with Gasteiger partial charge in [-0.2, -0.15) is 0 Å². The number of nitro groups is 1. The van der Waals surface area contributed by atoms with E-state index in [0.717, 1.165) is 0 Å². The van der Waals surface area contributed by atoms with Gasteiger partial charge in [0.2, 0.25) is 5.91 Å². The van der Waals surface area contributed by atoms with Gasteiger partial charge in [0, 0.05) is 29.6 Å². The fourth-order valence-corrected chi connectivity index (χ4v) is 4.10. The van der Waals surface area contributed by atoms with Crippen LogP contribution >= 0.6 is 12.2 Å². The molecule has 35 heavy (non-hydrogen) atoms. The second-order valence-electron chi connectivity index (χ2n) is 6.99. The van der Waals surface area contributed by atoms with Gasteiger partial charge in [-0.15, -0.1) is 0 Å². The summed E-state index contributed by atoms with van der Waals surface area (Å²) in [5.41, 5.74) is 1.24. The number of hydrogen-bond acceptors (Lipinski definition) is 7. The molecule has 3 aromatic rings. The summed E-state index contributed by atoms with van der Waals surface area (Å²) < 4.78 is 32.7. The fraction of sp³-hybridized carbons (Fsp3) is 0.0435. The molecule has 0 aliphatic carbocycles. The van der Waals surface area contributed by atoms with Crippen molar-refractivity contribution in [2.24, 2.45) is 0 Å². The maximum absolute atomic E-state index is 12.6. The fourth-order valence-electron chi connectivity index (χ4n) is 2.82. The van der Waals surface area contributed by atoms with Gasteiger partial charge < -0.3 is 10.1 Å². The smallest absolute Gasteiger partial charge is 0.270 e. The summed E-state index contributed by atoms with van der Waals surface area (Å²) in [5.74, 6) is 0.0582. The van der Waals surface area contributed by atoms with E-state index >= 15 is 0 Å². The van der Waals surface area contributed by atoms with Crippen molar-refractivity contribution in [3.63, 3.8) is 0 Å². The van der Waals surface area contributed by atoms with Crippen LogP contribution in [0.1, 0.15) is 5.56 Å². The third-order valence-corrected chi connectivity index (χ3v) is 6.11. The molecule has 0 bridgehead atoms. The molecule has 0 spiro atoms. The highest BCUT2D eigenvalue weighted by atomic mass is 32.2. The van der Waals surface area contributed by atoms with E-state index < -0.39 is 20.9 Å². The topological polar surface area (TPSA) is 140 Å². The lowest BCUT2D eigenvalue weighted by Gasteiger charge is -2.11. The Morgan fingerprint density at radius 1 is 1.03 bits per heavy atom. The van der Waals surface area contributed by atoms with E-state index in [1.807, 2.05) is 0 Å². The predicted molar refractivity (Wildman–Crippen MR) is 137 cm³/mol. The van der Waals surface area contributed by atoms with Crippen LogP contribution in [0.3, 0.4) is 0 Å². The van der Waals surface area contributed by atoms with Crippen molar-refractivity contribution in [2.75, 3.05) is 17.1 Å². The van der Waals surface area contributed by atoms with Crippen molar-refractivity contribution in [2.45, 2.75) is 4.90 Å². The SMILES string of the molecule is COc1ccc(NS(=O)(=O)c2ccc(NC(=S)NC(=O)/C=C/c3cccc([N+](=O)[O-])c3)cc2)cc1. The number of nitro benzene ring substituents is 1. The van der Waals surface area contributed by atoms with E-state index in [1.165, 1.54) is 61.7 Å². The third-order valence-electron chi connectivity index (χ3n) is 4.51. The average Bonchev–Trinajstić information content (AvgIpc) is 2.83. The van der Waals surface area contributed by atoms with Crippen LogP contribution in [0.4, 0.5) is 17.1 Å². The highest BCUT2D eigenvalue weighted by molar-refractivity contribution is 7.92. The van der Waals surface area contributed by atoms with Crippen LogP contribution in [0.15, 0.2) is 83.8 Å². The summed E-state index contributed by atoms with van der Waals surface area (Å²) in [6, 6.07) is 18.0. The largest absolute Gasteiger partial charge is 0.497 e. The lowest BCUT2D eigenvalue weighted by molar-refractivity contribution is -0.384. The third kappa shape index (κ3) is 7.35. The Morgan fingerprint density at radius 2 is 1.69 bits per heavy atom. The summed E-state index contributed by atoms with van der Waals surface area (Å²) in [6.45, 7) is 0. The Kier molecular flexibility index (Phi) is 8.12. The van der Waals surface area contributed by atoms with E-state index in [1.54, 1.807) is 30.3 Å². The Morgan fingerprint density at radius 3 is 2.31 bits per heavy atom. The highest BCUT2D eigenvalue weighted by Crippen LogP contribution is 2.20.